The molecule has 0 amide bonds. The van der Waals surface area contributed by atoms with Crippen LogP contribution in [0.1, 0.15) is 39.0 Å². The lowest BCUT2D eigenvalue weighted by atomic mass is 10.0. The standard InChI is InChI=1S/C13H15F2N3O2.C2H6/c1-7-4-18(11-9(7)10(14)16-6-17-11)12-13(2,15)3-8(5-19)20-12;1-2/h4,6,8,12,19H,3,5H2,1-2H3;1-2H3/t8?,12?,13-;/m1./s1. The van der Waals surface area contributed by atoms with Crippen LogP contribution in [0, 0.1) is 12.9 Å². The lowest BCUT2D eigenvalue weighted by Gasteiger charge is -2.23. The number of aromatic nitrogens is 3. The minimum absolute atomic E-state index is 0.0838. The lowest BCUT2D eigenvalue weighted by Crippen LogP contribution is -2.27. The second-order valence-electron chi connectivity index (χ2n) is 5.36. The molecule has 0 aromatic carbocycles. The molecule has 7 heteroatoms. The fourth-order valence-electron chi connectivity index (χ4n) is 2.78. The first-order valence-electron chi connectivity index (χ1n) is 7.37. The van der Waals surface area contributed by atoms with Gasteiger partial charge in [0.2, 0.25) is 5.95 Å². The van der Waals surface area contributed by atoms with Gasteiger partial charge in [0, 0.05) is 12.6 Å². The number of hydrogen-bond donors (Lipinski definition) is 1. The molecular formula is C15H21F2N3O2. The van der Waals surface area contributed by atoms with Crippen LogP contribution in [-0.2, 0) is 4.74 Å². The van der Waals surface area contributed by atoms with E-state index < -0.39 is 23.9 Å². The Labute approximate surface area is 127 Å². The fraction of sp³-hybridized carbons (Fsp3) is 0.600. The van der Waals surface area contributed by atoms with Gasteiger partial charge in [0.1, 0.15) is 12.0 Å². The van der Waals surface area contributed by atoms with Gasteiger partial charge in [0.15, 0.2) is 11.9 Å². The molecule has 0 spiro atoms. The van der Waals surface area contributed by atoms with Crippen LogP contribution in [-0.4, -0.2) is 38.0 Å². The number of fused-ring (bicyclic) bond motifs is 1. The Morgan fingerprint density at radius 2 is 2.14 bits per heavy atom. The van der Waals surface area contributed by atoms with Crippen molar-refractivity contribution in [1.82, 2.24) is 14.5 Å². The van der Waals surface area contributed by atoms with Crippen molar-refractivity contribution in [1.29, 1.82) is 0 Å². The van der Waals surface area contributed by atoms with Crippen molar-refractivity contribution in [3.8, 4) is 0 Å². The molecule has 1 saturated heterocycles. The number of aliphatic hydroxyl groups excluding tert-OH is 1. The average molecular weight is 313 g/mol. The number of aryl methyl sites for hydroxylation is 1. The van der Waals surface area contributed by atoms with Crippen molar-refractivity contribution >= 4 is 11.0 Å². The van der Waals surface area contributed by atoms with Gasteiger partial charge in [-0.3, -0.25) is 0 Å². The van der Waals surface area contributed by atoms with Gasteiger partial charge in [-0.2, -0.15) is 4.39 Å². The van der Waals surface area contributed by atoms with Gasteiger partial charge < -0.3 is 14.4 Å². The second-order valence-corrected chi connectivity index (χ2v) is 5.36. The van der Waals surface area contributed by atoms with Crippen LogP contribution in [0.2, 0.25) is 0 Å². The second kappa shape index (κ2) is 6.26. The highest BCUT2D eigenvalue weighted by Crippen LogP contribution is 2.42. The molecule has 3 heterocycles. The van der Waals surface area contributed by atoms with E-state index in [4.69, 9.17) is 9.84 Å². The molecule has 2 aromatic heterocycles. The predicted molar refractivity (Wildman–Crippen MR) is 78.7 cm³/mol. The first-order chi connectivity index (χ1) is 10.4. The molecule has 0 aliphatic carbocycles. The Bertz CT molecular complexity index is 658. The number of hydrogen-bond acceptors (Lipinski definition) is 4. The van der Waals surface area contributed by atoms with E-state index in [0.717, 1.165) is 6.33 Å². The summed E-state index contributed by atoms with van der Waals surface area (Å²) in [7, 11) is 0. The van der Waals surface area contributed by atoms with E-state index >= 15 is 0 Å². The maximum Gasteiger partial charge on any atom is 0.225 e. The zero-order valence-electron chi connectivity index (χ0n) is 13.2. The molecule has 1 aliphatic heterocycles. The Morgan fingerprint density at radius 3 is 2.73 bits per heavy atom. The van der Waals surface area contributed by atoms with Gasteiger partial charge in [-0.1, -0.05) is 13.8 Å². The third kappa shape index (κ3) is 2.70. The lowest BCUT2D eigenvalue weighted by molar-refractivity contribution is -0.0562. The quantitative estimate of drug-likeness (QED) is 0.866. The zero-order chi connectivity index (χ0) is 16.5. The molecule has 2 aromatic rings. The highest BCUT2D eigenvalue weighted by molar-refractivity contribution is 5.79. The maximum absolute atomic E-state index is 14.6. The molecule has 5 nitrogen and oxygen atoms in total. The third-order valence-electron chi connectivity index (χ3n) is 3.67. The van der Waals surface area contributed by atoms with Crippen LogP contribution in [0.5, 0.6) is 0 Å². The van der Waals surface area contributed by atoms with Crippen molar-refractivity contribution in [2.45, 2.75) is 52.1 Å². The molecule has 0 radical (unpaired) electrons. The molecule has 0 bridgehead atoms. The maximum atomic E-state index is 14.6. The van der Waals surface area contributed by atoms with Crippen LogP contribution >= 0.6 is 0 Å². The van der Waals surface area contributed by atoms with Crippen LogP contribution in [0.3, 0.4) is 0 Å². The minimum atomic E-state index is -1.66. The largest absolute Gasteiger partial charge is 0.394 e. The number of ether oxygens (including phenoxy) is 1. The van der Waals surface area contributed by atoms with Crippen LogP contribution in [0.4, 0.5) is 8.78 Å². The molecule has 3 atom stereocenters. The van der Waals surface area contributed by atoms with E-state index in [1.165, 1.54) is 11.5 Å². The van der Waals surface area contributed by atoms with Gasteiger partial charge in [-0.05, 0) is 19.4 Å². The molecule has 1 N–H and O–H groups in total. The molecule has 1 aliphatic rings. The van der Waals surface area contributed by atoms with E-state index in [9.17, 15) is 8.78 Å². The van der Waals surface area contributed by atoms with Gasteiger partial charge in [0.05, 0.1) is 18.1 Å². The minimum Gasteiger partial charge on any atom is -0.394 e. The average Bonchev–Trinajstić information content (AvgIpc) is 2.98. The number of halogens is 2. The van der Waals surface area contributed by atoms with E-state index in [2.05, 4.69) is 9.97 Å². The Kier molecular flexibility index (Phi) is 4.77. The SMILES string of the molecule is CC.Cc1cn(C2OC(CO)C[C@@]2(C)F)c2ncnc(F)c12. The molecule has 3 rings (SSSR count). The summed E-state index contributed by atoms with van der Waals surface area (Å²) in [6.45, 7) is 6.86. The van der Waals surface area contributed by atoms with Gasteiger partial charge in [-0.15, -0.1) is 0 Å². The molecule has 0 saturated carbocycles. The van der Waals surface area contributed by atoms with Crippen molar-refractivity contribution in [3.05, 3.63) is 24.0 Å². The van der Waals surface area contributed by atoms with Crippen molar-refractivity contribution in [2.24, 2.45) is 0 Å². The molecule has 2 unspecified atom stereocenters. The summed E-state index contributed by atoms with van der Waals surface area (Å²) in [5.41, 5.74) is -0.750. The van der Waals surface area contributed by atoms with Crippen molar-refractivity contribution in [3.63, 3.8) is 0 Å². The Hall–Kier alpha value is -1.60. The first kappa shape index (κ1) is 16.8. The smallest absolute Gasteiger partial charge is 0.225 e. The highest BCUT2D eigenvalue weighted by atomic mass is 19.1. The van der Waals surface area contributed by atoms with Gasteiger partial charge >= 0.3 is 0 Å². The molecule has 22 heavy (non-hydrogen) atoms. The van der Waals surface area contributed by atoms with Crippen LogP contribution in [0.15, 0.2) is 12.5 Å². The summed E-state index contributed by atoms with van der Waals surface area (Å²) < 4.78 is 35.4. The van der Waals surface area contributed by atoms with Crippen molar-refractivity contribution in [2.75, 3.05) is 6.61 Å². The summed E-state index contributed by atoms with van der Waals surface area (Å²) in [6.07, 6.45) is 1.27. The first-order valence-corrected chi connectivity index (χ1v) is 7.37. The monoisotopic (exact) mass is 313 g/mol. The summed E-state index contributed by atoms with van der Waals surface area (Å²) in [5, 5.41) is 9.40. The Balaban J connectivity index is 0.000000847. The zero-order valence-corrected chi connectivity index (χ0v) is 13.2. The number of alkyl halides is 1. The topological polar surface area (TPSA) is 60.2 Å². The Morgan fingerprint density at radius 1 is 1.45 bits per heavy atom. The molecule has 1 fully saturated rings. The number of aliphatic hydroxyl groups is 1. The summed E-state index contributed by atoms with van der Waals surface area (Å²) in [5.74, 6) is -0.636. The summed E-state index contributed by atoms with van der Waals surface area (Å²) in [4.78, 5) is 7.54. The van der Waals surface area contributed by atoms with E-state index in [-0.39, 0.29) is 18.4 Å². The predicted octanol–water partition coefficient (Wildman–Crippen LogP) is 2.91. The summed E-state index contributed by atoms with van der Waals surface area (Å²) in [6, 6.07) is 0. The third-order valence-corrected chi connectivity index (χ3v) is 3.67. The van der Waals surface area contributed by atoms with Gasteiger partial charge in [-0.25, -0.2) is 14.4 Å². The number of rotatable bonds is 2. The normalized spacial score (nSPS) is 27.8. The van der Waals surface area contributed by atoms with Crippen LogP contribution < -0.4 is 0 Å². The number of nitrogens with zero attached hydrogens (tertiary/aromatic N) is 3. The van der Waals surface area contributed by atoms with Gasteiger partial charge in [0.25, 0.3) is 0 Å². The van der Waals surface area contributed by atoms with Crippen molar-refractivity contribution < 1.29 is 18.6 Å². The summed E-state index contributed by atoms with van der Waals surface area (Å²) >= 11 is 0. The molecular weight excluding hydrogens is 292 g/mol. The van der Waals surface area contributed by atoms with E-state index in [0.29, 0.717) is 11.2 Å². The van der Waals surface area contributed by atoms with Crippen LogP contribution in [0.25, 0.3) is 11.0 Å². The highest BCUT2D eigenvalue weighted by Gasteiger charge is 2.47. The van der Waals surface area contributed by atoms with E-state index in [1.807, 2.05) is 13.8 Å². The molecule has 122 valence electrons. The fourth-order valence-corrected chi connectivity index (χ4v) is 2.78. The van der Waals surface area contributed by atoms with E-state index in [1.54, 1.807) is 13.1 Å².